The van der Waals surface area contributed by atoms with Crippen LogP contribution in [-0.4, -0.2) is 31.0 Å². The van der Waals surface area contributed by atoms with E-state index in [2.05, 4.69) is 15.9 Å². The van der Waals surface area contributed by atoms with Crippen LogP contribution in [-0.2, 0) is 9.59 Å². The number of para-hydroxylation sites is 1. The van der Waals surface area contributed by atoms with Gasteiger partial charge in [-0.15, -0.1) is 0 Å². The van der Waals surface area contributed by atoms with Crippen LogP contribution in [0.25, 0.3) is 5.76 Å². The number of hydrogen-bond acceptors (Lipinski definition) is 5. The molecule has 174 valence electrons. The largest absolute Gasteiger partial charge is 0.507 e. The maximum absolute atomic E-state index is 13.4. The van der Waals surface area contributed by atoms with Crippen LogP contribution in [0.3, 0.4) is 0 Å². The maximum Gasteiger partial charge on any atom is 0.300 e. The number of aliphatic hydroxyl groups excluding tert-OH is 1. The summed E-state index contributed by atoms with van der Waals surface area (Å²) in [4.78, 5) is 28.3. The molecule has 1 heterocycles. The summed E-state index contributed by atoms with van der Waals surface area (Å²) in [7, 11) is 3.07. The molecule has 34 heavy (non-hydrogen) atoms. The Hall–Kier alpha value is -3.58. The predicted molar refractivity (Wildman–Crippen MR) is 134 cm³/mol. The van der Waals surface area contributed by atoms with Crippen LogP contribution in [0, 0.1) is 13.8 Å². The highest BCUT2D eigenvalue weighted by Crippen LogP contribution is 2.46. The molecule has 0 radical (unpaired) electrons. The summed E-state index contributed by atoms with van der Waals surface area (Å²) >= 11 is 3.42. The number of benzene rings is 3. The van der Waals surface area contributed by atoms with Gasteiger partial charge in [-0.2, -0.15) is 0 Å². The number of amides is 1. The quantitative estimate of drug-likeness (QED) is 0.264. The van der Waals surface area contributed by atoms with Crippen molar-refractivity contribution in [3.05, 3.63) is 93.0 Å². The molecule has 1 unspecified atom stereocenters. The summed E-state index contributed by atoms with van der Waals surface area (Å²) in [5, 5.41) is 11.4. The number of anilines is 1. The van der Waals surface area contributed by atoms with Crippen molar-refractivity contribution in [1.82, 2.24) is 0 Å². The number of rotatable bonds is 5. The molecule has 0 bridgehead atoms. The molecule has 1 aliphatic rings. The molecular formula is C27H24BrNO5. The summed E-state index contributed by atoms with van der Waals surface area (Å²) in [6.45, 7) is 3.85. The van der Waals surface area contributed by atoms with Crippen molar-refractivity contribution in [2.24, 2.45) is 0 Å². The summed E-state index contributed by atoms with van der Waals surface area (Å²) in [6, 6.07) is 16.9. The highest BCUT2D eigenvalue weighted by atomic mass is 79.9. The average Bonchev–Trinajstić information content (AvgIpc) is 3.10. The van der Waals surface area contributed by atoms with Gasteiger partial charge in [0.2, 0.25) is 0 Å². The van der Waals surface area contributed by atoms with Crippen LogP contribution in [0.2, 0.25) is 0 Å². The van der Waals surface area contributed by atoms with Crippen LogP contribution in [0.5, 0.6) is 11.5 Å². The molecule has 0 aromatic heterocycles. The lowest BCUT2D eigenvalue weighted by molar-refractivity contribution is -0.132. The van der Waals surface area contributed by atoms with Crippen molar-refractivity contribution in [1.29, 1.82) is 0 Å². The molecule has 1 aliphatic heterocycles. The van der Waals surface area contributed by atoms with Crippen LogP contribution in [0.15, 0.2) is 70.7 Å². The molecule has 1 N–H and O–H groups in total. The first-order valence-corrected chi connectivity index (χ1v) is 11.4. The van der Waals surface area contributed by atoms with Gasteiger partial charge in [0.05, 0.1) is 30.3 Å². The molecular weight excluding hydrogens is 498 g/mol. The van der Waals surface area contributed by atoms with Gasteiger partial charge in [0, 0.05) is 16.8 Å². The molecule has 1 amide bonds. The predicted octanol–water partition coefficient (Wildman–Crippen LogP) is 5.71. The lowest BCUT2D eigenvalue weighted by Gasteiger charge is -2.28. The van der Waals surface area contributed by atoms with E-state index in [0.29, 0.717) is 32.8 Å². The molecule has 1 fully saturated rings. The normalized spacial score (nSPS) is 17.2. The fourth-order valence-corrected chi connectivity index (χ4v) is 4.77. The molecule has 1 atom stereocenters. The smallest absolute Gasteiger partial charge is 0.300 e. The van der Waals surface area contributed by atoms with Gasteiger partial charge in [-0.05, 0) is 71.2 Å². The molecule has 0 saturated carbocycles. The van der Waals surface area contributed by atoms with E-state index >= 15 is 0 Å². The monoisotopic (exact) mass is 521 g/mol. The van der Waals surface area contributed by atoms with Crippen LogP contribution in [0.1, 0.15) is 28.3 Å². The van der Waals surface area contributed by atoms with E-state index in [1.165, 1.54) is 19.1 Å². The van der Waals surface area contributed by atoms with Gasteiger partial charge in [0.25, 0.3) is 11.7 Å². The van der Waals surface area contributed by atoms with E-state index in [0.717, 1.165) is 11.1 Å². The van der Waals surface area contributed by atoms with Gasteiger partial charge >= 0.3 is 0 Å². The van der Waals surface area contributed by atoms with Gasteiger partial charge in [-0.1, -0.05) is 30.3 Å². The number of aryl methyl sites for hydroxylation is 1. The van der Waals surface area contributed by atoms with E-state index in [1.807, 2.05) is 38.1 Å². The molecule has 3 aromatic carbocycles. The second-order valence-electron chi connectivity index (χ2n) is 7.98. The number of halogens is 1. The number of nitrogens with zero attached hydrogens (tertiary/aromatic N) is 1. The highest BCUT2D eigenvalue weighted by molar-refractivity contribution is 9.10. The standard InChI is InChI=1S/C27H24BrNO5/c1-15-8-7-10-20(16(15)2)29-24(18-9-5-6-11-21(18)33-3)23(26(31)27(29)32)25(30)17-12-13-22(34-4)19(28)14-17/h5-14,24,30H,1-4H3/b25-23+. The van der Waals surface area contributed by atoms with Crippen molar-refractivity contribution in [3.63, 3.8) is 0 Å². The summed E-state index contributed by atoms with van der Waals surface area (Å²) in [5.41, 5.74) is 3.43. The fourth-order valence-electron chi connectivity index (χ4n) is 4.23. The van der Waals surface area contributed by atoms with Crippen molar-refractivity contribution < 1.29 is 24.2 Å². The van der Waals surface area contributed by atoms with E-state index in [-0.39, 0.29) is 11.3 Å². The minimum atomic E-state index is -0.877. The summed E-state index contributed by atoms with van der Waals surface area (Å²) < 4.78 is 11.5. The van der Waals surface area contributed by atoms with E-state index in [9.17, 15) is 14.7 Å². The second kappa shape index (κ2) is 9.35. The Kier molecular flexibility index (Phi) is 6.48. The number of aliphatic hydroxyl groups is 1. The van der Waals surface area contributed by atoms with Crippen molar-refractivity contribution >= 4 is 39.1 Å². The summed E-state index contributed by atoms with van der Waals surface area (Å²) in [5.74, 6) is -0.661. The van der Waals surface area contributed by atoms with E-state index in [4.69, 9.17) is 9.47 Å². The van der Waals surface area contributed by atoms with Crippen molar-refractivity contribution in [3.8, 4) is 11.5 Å². The van der Waals surface area contributed by atoms with Crippen molar-refractivity contribution in [2.45, 2.75) is 19.9 Å². The number of carbonyl (C=O) groups excluding carboxylic acids is 2. The zero-order chi connectivity index (χ0) is 24.6. The maximum atomic E-state index is 13.4. The number of hydrogen-bond donors (Lipinski definition) is 1. The number of ether oxygens (including phenoxy) is 2. The number of methoxy groups -OCH3 is 2. The molecule has 1 saturated heterocycles. The first kappa shape index (κ1) is 23.6. The molecule has 3 aromatic rings. The van der Waals surface area contributed by atoms with Gasteiger partial charge in [0.15, 0.2) is 0 Å². The molecule has 0 aliphatic carbocycles. The minimum absolute atomic E-state index is 0.00697. The van der Waals surface area contributed by atoms with Gasteiger partial charge in [0.1, 0.15) is 17.3 Å². The van der Waals surface area contributed by atoms with Gasteiger partial charge in [-0.3, -0.25) is 14.5 Å². The molecule has 6 nitrogen and oxygen atoms in total. The Labute approximate surface area is 206 Å². The molecule has 7 heteroatoms. The van der Waals surface area contributed by atoms with Gasteiger partial charge < -0.3 is 14.6 Å². The zero-order valence-electron chi connectivity index (χ0n) is 19.3. The van der Waals surface area contributed by atoms with Crippen LogP contribution in [0.4, 0.5) is 5.69 Å². The van der Waals surface area contributed by atoms with Crippen LogP contribution < -0.4 is 14.4 Å². The summed E-state index contributed by atoms with van der Waals surface area (Å²) in [6.07, 6.45) is 0. The molecule has 0 spiro atoms. The van der Waals surface area contributed by atoms with Gasteiger partial charge in [-0.25, -0.2) is 0 Å². The van der Waals surface area contributed by atoms with Crippen LogP contribution >= 0.6 is 15.9 Å². The third kappa shape index (κ3) is 3.86. The Morgan fingerprint density at radius 3 is 2.32 bits per heavy atom. The number of carbonyl (C=O) groups is 2. The minimum Gasteiger partial charge on any atom is -0.507 e. The number of Topliss-reactive ketones (excluding diaryl/α,β-unsaturated/α-hetero) is 1. The Morgan fingerprint density at radius 2 is 1.65 bits per heavy atom. The lowest BCUT2D eigenvalue weighted by atomic mass is 9.94. The van der Waals surface area contributed by atoms with E-state index < -0.39 is 17.7 Å². The van der Waals surface area contributed by atoms with E-state index in [1.54, 1.807) is 36.4 Å². The Bertz CT molecular complexity index is 1330. The first-order valence-electron chi connectivity index (χ1n) is 10.6. The molecule has 4 rings (SSSR count). The third-order valence-corrected chi connectivity index (χ3v) is 6.76. The first-order chi connectivity index (χ1) is 16.3. The third-order valence-electron chi connectivity index (χ3n) is 6.14. The average molecular weight is 522 g/mol. The van der Waals surface area contributed by atoms with Crippen molar-refractivity contribution in [2.75, 3.05) is 19.1 Å². The Balaban J connectivity index is 2.01. The fraction of sp³-hybridized carbons (Fsp3) is 0.185. The lowest BCUT2D eigenvalue weighted by Crippen LogP contribution is -2.30. The highest BCUT2D eigenvalue weighted by Gasteiger charge is 2.48. The SMILES string of the molecule is COc1ccc(/C(O)=C2\C(=O)C(=O)N(c3cccc(C)c3C)C2c2ccccc2OC)cc1Br. The zero-order valence-corrected chi connectivity index (χ0v) is 20.8. The second-order valence-corrected chi connectivity index (χ2v) is 8.83. The number of ketones is 1. The Morgan fingerprint density at radius 1 is 0.941 bits per heavy atom. The topological polar surface area (TPSA) is 76.1 Å².